The van der Waals surface area contributed by atoms with E-state index in [1.165, 1.54) is 16.2 Å². The number of tetrazole rings is 1. The number of aromatic nitrogens is 4. The van der Waals surface area contributed by atoms with Crippen molar-refractivity contribution in [1.29, 1.82) is 0 Å². The maximum Gasteiger partial charge on any atom is 0.214 e. The Morgan fingerprint density at radius 1 is 1.00 bits per heavy atom. The van der Waals surface area contributed by atoms with E-state index in [4.69, 9.17) is 4.74 Å². The Balaban J connectivity index is 1.65. The van der Waals surface area contributed by atoms with Crippen molar-refractivity contribution in [2.24, 2.45) is 0 Å². The topological polar surface area (TPSA) is 61.7 Å². The summed E-state index contributed by atoms with van der Waals surface area (Å²) in [6.45, 7) is 10.9. The average Bonchev–Trinajstić information content (AvgIpc) is 3.31. The lowest BCUT2D eigenvalue weighted by atomic mass is 9.99. The molecule has 0 bridgehead atoms. The van der Waals surface area contributed by atoms with Crippen molar-refractivity contribution in [3.63, 3.8) is 0 Å². The Morgan fingerprint density at radius 3 is 2.29 bits per heavy atom. The first-order valence-electron chi connectivity index (χ1n) is 11.2. The predicted octanol–water partition coefficient (Wildman–Crippen LogP) is 1.03. The summed E-state index contributed by atoms with van der Waals surface area (Å²) in [4.78, 5) is 3.05. The number of benzene rings is 2. The van der Waals surface area contributed by atoms with E-state index in [0.29, 0.717) is 0 Å². The van der Waals surface area contributed by atoms with Gasteiger partial charge in [0.1, 0.15) is 37.6 Å². The molecule has 1 aliphatic heterocycles. The highest BCUT2D eigenvalue weighted by molar-refractivity contribution is 5.31. The van der Waals surface area contributed by atoms with E-state index in [0.717, 1.165) is 44.2 Å². The maximum atomic E-state index is 5.39. The lowest BCUT2D eigenvalue weighted by Gasteiger charge is -2.35. The van der Waals surface area contributed by atoms with Crippen molar-refractivity contribution in [2.45, 2.75) is 38.8 Å². The van der Waals surface area contributed by atoms with Gasteiger partial charge in [-0.05, 0) is 67.1 Å². The van der Waals surface area contributed by atoms with E-state index in [1.54, 1.807) is 12.0 Å². The highest BCUT2D eigenvalue weighted by Gasteiger charge is 2.38. The van der Waals surface area contributed by atoms with Gasteiger partial charge in [0.2, 0.25) is 5.82 Å². The smallest absolute Gasteiger partial charge is 0.214 e. The molecule has 0 radical (unpaired) electrons. The SMILES string of the molecule is CCC(C)(C)n1nnnc1[C@H](c1ccc(OC)cc1)[NH+]1CC[NH+](c2ccccc2)CC1. The number of hydrogen-bond acceptors (Lipinski definition) is 4. The van der Waals surface area contributed by atoms with Crippen molar-refractivity contribution < 1.29 is 14.5 Å². The first kappa shape index (κ1) is 21.5. The fraction of sp³-hybridized carbons (Fsp3) is 0.458. The van der Waals surface area contributed by atoms with Crippen LogP contribution in [0.1, 0.15) is 44.6 Å². The fourth-order valence-corrected chi connectivity index (χ4v) is 4.44. The van der Waals surface area contributed by atoms with Crippen molar-refractivity contribution in [3.05, 3.63) is 66.0 Å². The maximum absolute atomic E-state index is 5.39. The lowest BCUT2D eigenvalue weighted by molar-refractivity contribution is -1.00. The molecule has 3 aromatic rings. The van der Waals surface area contributed by atoms with Crippen LogP contribution in [-0.2, 0) is 5.54 Å². The second kappa shape index (κ2) is 9.16. The zero-order valence-electron chi connectivity index (χ0n) is 19.0. The largest absolute Gasteiger partial charge is 0.497 e. The molecule has 1 fully saturated rings. The Bertz CT molecular complexity index is 961. The van der Waals surface area contributed by atoms with Crippen molar-refractivity contribution in [3.8, 4) is 5.75 Å². The molecule has 0 amide bonds. The van der Waals surface area contributed by atoms with Gasteiger partial charge in [-0.3, -0.25) is 4.90 Å². The van der Waals surface area contributed by atoms with Gasteiger partial charge in [0.25, 0.3) is 0 Å². The van der Waals surface area contributed by atoms with Gasteiger partial charge in [-0.1, -0.05) is 25.1 Å². The molecular formula is C24H34N6O+2. The van der Waals surface area contributed by atoms with Crippen LogP contribution in [0.4, 0.5) is 5.69 Å². The molecule has 2 N–H and O–H groups in total. The van der Waals surface area contributed by atoms with Crippen LogP contribution in [0.3, 0.4) is 0 Å². The number of nitrogens with zero attached hydrogens (tertiary/aromatic N) is 4. The minimum atomic E-state index is -0.139. The molecule has 1 aliphatic rings. The number of nitrogens with one attached hydrogen (secondary N) is 2. The Labute approximate surface area is 184 Å². The summed E-state index contributed by atoms with van der Waals surface area (Å²) in [5.41, 5.74) is 2.46. The van der Waals surface area contributed by atoms with E-state index in [9.17, 15) is 0 Å². The lowest BCUT2D eigenvalue weighted by Crippen LogP contribution is -3.26. The van der Waals surface area contributed by atoms with Crippen LogP contribution < -0.4 is 14.5 Å². The molecule has 0 unspecified atom stereocenters. The number of ether oxygens (including phenoxy) is 1. The van der Waals surface area contributed by atoms with Gasteiger partial charge in [0, 0.05) is 5.56 Å². The summed E-state index contributed by atoms with van der Waals surface area (Å²) in [6.07, 6.45) is 0.960. The quantitative estimate of drug-likeness (QED) is 0.597. The summed E-state index contributed by atoms with van der Waals surface area (Å²) in [5, 5.41) is 13.0. The van der Waals surface area contributed by atoms with E-state index in [1.807, 2.05) is 16.8 Å². The summed E-state index contributed by atoms with van der Waals surface area (Å²) >= 11 is 0. The predicted molar refractivity (Wildman–Crippen MR) is 120 cm³/mol. The summed E-state index contributed by atoms with van der Waals surface area (Å²) in [7, 11) is 1.70. The van der Waals surface area contributed by atoms with Crippen LogP contribution in [0.5, 0.6) is 5.75 Å². The van der Waals surface area contributed by atoms with Crippen LogP contribution >= 0.6 is 0 Å². The van der Waals surface area contributed by atoms with Crippen LogP contribution in [0.25, 0.3) is 0 Å². The minimum absolute atomic E-state index is 0.0871. The second-order valence-electron chi connectivity index (χ2n) is 8.95. The number of rotatable bonds is 7. The first-order valence-corrected chi connectivity index (χ1v) is 11.2. The third kappa shape index (κ3) is 4.48. The third-order valence-corrected chi connectivity index (χ3v) is 6.73. The molecule has 2 aromatic carbocycles. The van der Waals surface area contributed by atoms with E-state index < -0.39 is 0 Å². The molecule has 1 aromatic heterocycles. The number of quaternary nitrogens is 2. The molecule has 31 heavy (non-hydrogen) atoms. The highest BCUT2D eigenvalue weighted by atomic mass is 16.5. The second-order valence-corrected chi connectivity index (χ2v) is 8.95. The Kier molecular flexibility index (Phi) is 6.34. The molecule has 1 atom stereocenters. The van der Waals surface area contributed by atoms with Gasteiger partial charge in [0.05, 0.1) is 12.6 Å². The average molecular weight is 423 g/mol. The van der Waals surface area contributed by atoms with Crippen LogP contribution in [-0.4, -0.2) is 53.5 Å². The third-order valence-electron chi connectivity index (χ3n) is 6.73. The van der Waals surface area contributed by atoms with E-state index >= 15 is 0 Å². The molecule has 7 nitrogen and oxygen atoms in total. The molecule has 7 heteroatoms. The standard InChI is InChI=1S/C24H32N6O/c1-5-24(2,3)30-23(25-26-27-30)22(19-11-13-21(31-4)14-12-19)29-17-15-28(16-18-29)20-9-7-6-8-10-20/h6-14,22H,5,15-18H2,1-4H3/p+2/t22-/m0/s1. The number of piperazine rings is 1. The van der Waals surface area contributed by atoms with Crippen LogP contribution in [0.2, 0.25) is 0 Å². The van der Waals surface area contributed by atoms with E-state index in [-0.39, 0.29) is 11.6 Å². The Morgan fingerprint density at radius 2 is 1.68 bits per heavy atom. The molecule has 2 heterocycles. The van der Waals surface area contributed by atoms with E-state index in [2.05, 4.69) is 78.8 Å². The fourth-order valence-electron chi connectivity index (χ4n) is 4.44. The van der Waals surface area contributed by atoms with Gasteiger partial charge in [-0.2, -0.15) is 0 Å². The normalized spacial score (nSPS) is 20.4. The van der Waals surface area contributed by atoms with Crippen molar-refractivity contribution >= 4 is 5.69 Å². The Hall–Kier alpha value is -2.77. The number of methoxy groups -OCH3 is 1. The minimum Gasteiger partial charge on any atom is -0.497 e. The van der Waals surface area contributed by atoms with Gasteiger partial charge >= 0.3 is 0 Å². The highest BCUT2D eigenvalue weighted by Crippen LogP contribution is 2.25. The molecular weight excluding hydrogens is 388 g/mol. The summed E-state index contributed by atoms with van der Waals surface area (Å²) < 4.78 is 7.42. The van der Waals surface area contributed by atoms with Gasteiger partial charge in [-0.25, -0.2) is 4.68 Å². The zero-order valence-corrected chi connectivity index (χ0v) is 19.0. The number of hydrogen-bond donors (Lipinski definition) is 2. The summed E-state index contributed by atoms with van der Waals surface area (Å²) in [5.74, 6) is 1.81. The van der Waals surface area contributed by atoms with Crippen molar-refractivity contribution in [1.82, 2.24) is 20.2 Å². The molecule has 0 saturated carbocycles. The van der Waals surface area contributed by atoms with Crippen LogP contribution in [0.15, 0.2) is 54.6 Å². The zero-order chi connectivity index (χ0) is 21.8. The van der Waals surface area contributed by atoms with Gasteiger partial charge in [0.15, 0.2) is 6.04 Å². The van der Waals surface area contributed by atoms with Crippen LogP contribution in [0, 0.1) is 0 Å². The number of para-hydroxylation sites is 1. The molecule has 4 rings (SSSR count). The van der Waals surface area contributed by atoms with Crippen molar-refractivity contribution in [2.75, 3.05) is 33.3 Å². The summed E-state index contributed by atoms with van der Waals surface area (Å²) in [6, 6.07) is 19.3. The molecule has 0 aliphatic carbocycles. The molecule has 1 saturated heterocycles. The monoisotopic (exact) mass is 422 g/mol. The molecule has 164 valence electrons. The van der Waals surface area contributed by atoms with Gasteiger partial charge in [-0.15, -0.1) is 5.10 Å². The first-order chi connectivity index (χ1) is 15.0. The molecule has 0 spiro atoms. The van der Waals surface area contributed by atoms with Gasteiger partial charge < -0.3 is 9.64 Å².